The fraction of sp³-hybridized carbons (Fsp3) is 0.500. The summed E-state index contributed by atoms with van der Waals surface area (Å²) < 4.78 is 5.20. The summed E-state index contributed by atoms with van der Waals surface area (Å²) in [6, 6.07) is 1.98. The number of hydrogen-bond acceptors (Lipinski definition) is 4. The number of nitrogens with zero attached hydrogens (tertiary/aromatic N) is 3. The molecule has 2 aliphatic rings. The largest absolute Gasteiger partial charge is 0.472 e. The van der Waals surface area contributed by atoms with Crippen molar-refractivity contribution in [2.75, 3.05) is 19.6 Å². The van der Waals surface area contributed by atoms with Crippen LogP contribution in [0.3, 0.4) is 0 Å². The molecule has 0 spiro atoms. The van der Waals surface area contributed by atoms with Gasteiger partial charge in [0.1, 0.15) is 6.33 Å². The monoisotopic (exact) mass is 269 g/mol. The molecule has 0 unspecified atom stereocenters. The predicted octanol–water partition coefficient (Wildman–Crippen LogP) is 2.55. The smallest absolute Gasteiger partial charge is 0.116 e. The van der Waals surface area contributed by atoms with Gasteiger partial charge >= 0.3 is 0 Å². The second kappa shape index (κ2) is 5.02. The van der Waals surface area contributed by atoms with Crippen LogP contribution >= 0.6 is 0 Å². The molecule has 20 heavy (non-hydrogen) atoms. The lowest BCUT2D eigenvalue weighted by molar-refractivity contribution is 0.275. The van der Waals surface area contributed by atoms with Crippen LogP contribution < -0.4 is 0 Å². The van der Waals surface area contributed by atoms with Crippen molar-refractivity contribution < 1.29 is 4.42 Å². The third-order valence-corrected chi connectivity index (χ3v) is 4.39. The van der Waals surface area contributed by atoms with Gasteiger partial charge in [0, 0.05) is 42.9 Å². The zero-order valence-electron chi connectivity index (χ0n) is 11.6. The lowest BCUT2D eigenvalue weighted by Gasteiger charge is -2.18. The zero-order valence-corrected chi connectivity index (χ0v) is 11.6. The molecule has 0 radical (unpaired) electrons. The molecule has 2 aromatic rings. The highest BCUT2D eigenvalue weighted by atomic mass is 16.3. The summed E-state index contributed by atoms with van der Waals surface area (Å²) in [5.74, 6) is 0.954. The van der Waals surface area contributed by atoms with E-state index >= 15 is 0 Å². The van der Waals surface area contributed by atoms with Gasteiger partial charge in [-0.3, -0.25) is 0 Å². The molecule has 0 atom stereocenters. The molecule has 1 saturated carbocycles. The Morgan fingerprint density at radius 3 is 2.90 bits per heavy atom. The highest BCUT2D eigenvalue weighted by Gasteiger charge is 2.26. The van der Waals surface area contributed by atoms with Crippen molar-refractivity contribution in [2.45, 2.75) is 25.7 Å². The molecule has 4 nitrogen and oxygen atoms in total. The van der Waals surface area contributed by atoms with Crippen LogP contribution in [0.15, 0.2) is 29.3 Å². The Hall–Kier alpha value is -1.68. The molecule has 4 heteroatoms. The van der Waals surface area contributed by atoms with E-state index in [0.717, 1.165) is 43.1 Å². The van der Waals surface area contributed by atoms with Crippen LogP contribution in [-0.2, 0) is 12.8 Å². The summed E-state index contributed by atoms with van der Waals surface area (Å²) in [5.41, 5.74) is 4.65. The van der Waals surface area contributed by atoms with E-state index in [2.05, 4.69) is 14.9 Å². The molecule has 0 N–H and O–H groups in total. The van der Waals surface area contributed by atoms with Crippen LogP contribution in [0, 0.1) is 5.92 Å². The quantitative estimate of drug-likeness (QED) is 0.858. The van der Waals surface area contributed by atoms with Crippen LogP contribution in [0.5, 0.6) is 0 Å². The topological polar surface area (TPSA) is 42.2 Å². The van der Waals surface area contributed by atoms with Gasteiger partial charge in [-0.1, -0.05) is 0 Å². The van der Waals surface area contributed by atoms with Crippen molar-refractivity contribution in [3.05, 3.63) is 36.2 Å². The van der Waals surface area contributed by atoms with Crippen LogP contribution in [0.2, 0.25) is 0 Å². The molecule has 0 amide bonds. The SMILES string of the molecule is c1nc2c(c(-c3ccoc3)n1)CCN(CC1CC1)CC2. The van der Waals surface area contributed by atoms with Gasteiger partial charge in [-0.05, 0) is 31.2 Å². The van der Waals surface area contributed by atoms with Crippen molar-refractivity contribution in [1.29, 1.82) is 0 Å². The summed E-state index contributed by atoms with van der Waals surface area (Å²) in [5, 5.41) is 0. The summed E-state index contributed by atoms with van der Waals surface area (Å²) in [7, 11) is 0. The van der Waals surface area contributed by atoms with Crippen LogP contribution in [0.4, 0.5) is 0 Å². The minimum atomic E-state index is 0.954. The third kappa shape index (κ3) is 2.36. The molecule has 1 aliphatic carbocycles. The molecule has 0 saturated heterocycles. The Morgan fingerprint density at radius 2 is 2.10 bits per heavy atom. The molecule has 0 bridgehead atoms. The van der Waals surface area contributed by atoms with E-state index in [1.165, 1.54) is 30.6 Å². The summed E-state index contributed by atoms with van der Waals surface area (Å²) >= 11 is 0. The minimum Gasteiger partial charge on any atom is -0.472 e. The second-order valence-electron chi connectivity index (χ2n) is 5.90. The van der Waals surface area contributed by atoms with Gasteiger partial charge in [0.25, 0.3) is 0 Å². The van der Waals surface area contributed by atoms with Crippen molar-refractivity contribution in [3.63, 3.8) is 0 Å². The second-order valence-corrected chi connectivity index (χ2v) is 5.90. The van der Waals surface area contributed by atoms with Gasteiger partial charge in [-0.25, -0.2) is 9.97 Å². The van der Waals surface area contributed by atoms with E-state index in [0.29, 0.717) is 0 Å². The molecule has 4 rings (SSSR count). The standard InChI is InChI=1S/C16H19N3O/c1-2-12(1)9-19-6-3-14-15(4-7-19)17-11-18-16(14)13-5-8-20-10-13/h5,8,10-12H,1-4,6-7,9H2. The summed E-state index contributed by atoms with van der Waals surface area (Å²) in [6.07, 6.45) is 10.1. The Balaban J connectivity index is 1.61. The third-order valence-electron chi connectivity index (χ3n) is 4.39. The van der Waals surface area contributed by atoms with Crippen LogP contribution in [0.1, 0.15) is 24.1 Å². The van der Waals surface area contributed by atoms with E-state index in [9.17, 15) is 0 Å². The number of hydrogen-bond donors (Lipinski definition) is 0. The maximum Gasteiger partial charge on any atom is 0.116 e. The zero-order chi connectivity index (χ0) is 13.4. The average Bonchev–Trinajstić information content (AvgIpc) is 3.17. The van der Waals surface area contributed by atoms with E-state index in [4.69, 9.17) is 4.42 Å². The number of furan rings is 1. The van der Waals surface area contributed by atoms with Gasteiger partial charge in [-0.2, -0.15) is 0 Å². The maximum absolute atomic E-state index is 5.20. The molecule has 0 aromatic carbocycles. The molecule has 1 fully saturated rings. The fourth-order valence-electron chi connectivity index (χ4n) is 3.07. The van der Waals surface area contributed by atoms with E-state index in [-0.39, 0.29) is 0 Å². The lowest BCUT2D eigenvalue weighted by atomic mass is 10.0. The number of rotatable bonds is 3. The van der Waals surface area contributed by atoms with Gasteiger partial charge in [0.05, 0.1) is 18.2 Å². The van der Waals surface area contributed by atoms with Gasteiger partial charge in [-0.15, -0.1) is 0 Å². The van der Waals surface area contributed by atoms with Crippen molar-refractivity contribution >= 4 is 0 Å². The minimum absolute atomic E-state index is 0.954. The van der Waals surface area contributed by atoms with Gasteiger partial charge in [0.2, 0.25) is 0 Å². The molecule has 104 valence electrons. The Morgan fingerprint density at radius 1 is 1.20 bits per heavy atom. The normalized spacial score (nSPS) is 19.6. The Kier molecular flexibility index (Phi) is 3.03. The molecular formula is C16H19N3O. The summed E-state index contributed by atoms with van der Waals surface area (Å²) in [4.78, 5) is 11.6. The molecule has 1 aliphatic heterocycles. The number of fused-ring (bicyclic) bond motifs is 1. The molecular weight excluding hydrogens is 250 g/mol. The Labute approximate surface area is 118 Å². The van der Waals surface area contributed by atoms with E-state index < -0.39 is 0 Å². The summed E-state index contributed by atoms with van der Waals surface area (Å²) in [6.45, 7) is 3.52. The van der Waals surface area contributed by atoms with Crippen molar-refractivity contribution in [2.24, 2.45) is 5.92 Å². The number of aromatic nitrogens is 2. The van der Waals surface area contributed by atoms with E-state index in [1.807, 2.05) is 6.07 Å². The highest BCUT2D eigenvalue weighted by Crippen LogP contribution is 2.31. The Bertz CT molecular complexity index is 590. The van der Waals surface area contributed by atoms with Gasteiger partial charge < -0.3 is 9.32 Å². The predicted molar refractivity (Wildman–Crippen MR) is 76.3 cm³/mol. The fourth-order valence-corrected chi connectivity index (χ4v) is 3.07. The average molecular weight is 269 g/mol. The van der Waals surface area contributed by atoms with E-state index in [1.54, 1.807) is 18.9 Å². The van der Waals surface area contributed by atoms with Crippen LogP contribution in [0.25, 0.3) is 11.3 Å². The molecule has 2 aromatic heterocycles. The first-order valence-corrected chi connectivity index (χ1v) is 7.48. The highest BCUT2D eigenvalue weighted by molar-refractivity contribution is 5.62. The van der Waals surface area contributed by atoms with Gasteiger partial charge in [0.15, 0.2) is 0 Å². The van der Waals surface area contributed by atoms with Crippen LogP contribution in [-0.4, -0.2) is 34.5 Å². The first-order valence-electron chi connectivity index (χ1n) is 7.48. The van der Waals surface area contributed by atoms with Crippen molar-refractivity contribution in [3.8, 4) is 11.3 Å². The first-order chi connectivity index (χ1) is 9.90. The first kappa shape index (κ1) is 12.1. The van der Waals surface area contributed by atoms with Crippen molar-refractivity contribution in [1.82, 2.24) is 14.9 Å². The molecule has 3 heterocycles. The lowest BCUT2D eigenvalue weighted by Crippen LogP contribution is -2.28. The maximum atomic E-state index is 5.20.